The molecule has 1 saturated heterocycles. The number of nitrogens with one attached hydrogen (secondary N) is 2. The van der Waals surface area contributed by atoms with E-state index in [0.29, 0.717) is 17.0 Å². The molecule has 1 fully saturated rings. The van der Waals surface area contributed by atoms with Gasteiger partial charge in [-0.1, -0.05) is 23.7 Å². The van der Waals surface area contributed by atoms with Crippen LogP contribution in [0.15, 0.2) is 24.3 Å². The summed E-state index contributed by atoms with van der Waals surface area (Å²) in [5.41, 5.74) is 1.70. The Balaban J connectivity index is 1.88. The first-order valence-corrected chi connectivity index (χ1v) is 6.60. The minimum atomic E-state index is 0.381. The lowest BCUT2D eigenvalue weighted by Gasteiger charge is -2.24. The molecule has 2 aromatic rings. The molecule has 1 aromatic carbocycles. The normalized spacial score (nSPS) is 19.9. The Morgan fingerprint density at radius 3 is 2.72 bits per heavy atom. The molecule has 0 saturated carbocycles. The van der Waals surface area contributed by atoms with E-state index in [4.69, 9.17) is 11.6 Å². The molecule has 18 heavy (non-hydrogen) atoms. The summed E-state index contributed by atoms with van der Waals surface area (Å²) in [7, 11) is 0. The second-order valence-corrected chi connectivity index (χ2v) is 4.90. The van der Waals surface area contributed by atoms with E-state index in [2.05, 4.69) is 20.6 Å². The number of hydrogen-bond acceptors (Lipinski definition) is 4. The number of halogens is 1. The van der Waals surface area contributed by atoms with Gasteiger partial charge in [0.25, 0.3) is 0 Å². The highest BCUT2D eigenvalue weighted by Crippen LogP contribution is 2.22. The van der Waals surface area contributed by atoms with Gasteiger partial charge in [0.05, 0.1) is 11.0 Å². The Morgan fingerprint density at radius 2 is 2.00 bits per heavy atom. The van der Waals surface area contributed by atoms with Gasteiger partial charge in [-0.15, -0.1) is 0 Å². The highest BCUT2D eigenvalue weighted by atomic mass is 35.5. The van der Waals surface area contributed by atoms with E-state index in [0.717, 1.165) is 30.5 Å². The van der Waals surface area contributed by atoms with Crippen molar-refractivity contribution >= 4 is 28.5 Å². The minimum absolute atomic E-state index is 0.381. The van der Waals surface area contributed by atoms with Crippen LogP contribution in [-0.4, -0.2) is 29.1 Å². The molecule has 0 aliphatic carbocycles. The van der Waals surface area contributed by atoms with Crippen LogP contribution in [0, 0.1) is 0 Å². The second-order valence-electron chi connectivity index (χ2n) is 4.54. The van der Waals surface area contributed by atoms with Crippen molar-refractivity contribution in [2.45, 2.75) is 18.9 Å². The van der Waals surface area contributed by atoms with Crippen LogP contribution >= 0.6 is 11.6 Å². The number of nitrogens with zero attached hydrogens (tertiary/aromatic N) is 2. The number of hydrogen-bond donors (Lipinski definition) is 2. The molecule has 4 nitrogen and oxygen atoms in total. The van der Waals surface area contributed by atoms with Crippen LogP contribution in [-0.2, 0) is 0 Å². The van der Waals surface area contributed by atoms with Crippen molar-refractivity contribution in [3.8, 4) is 0 Å². The van der Waals surface area contributed by atoms with E-state index in [9.17, 15) is 0 Å². The summed E-state index contributed by atoms with van der Waals surface area (Å²) < 4.78 is 0. The summed E-state index contributed by atoms with van der Waals surface area (Å²) in [4.78, 5) is 8.90. The van der Waals surface area contributed by atoms with Gasteiger partial charge >= 0.3 is 0 Å². The summed E-state index contributed by atoms with van der Waals surface area (Å²) in [6.07, 6.45) is 2.31. The summed E-state index contributed by atoms with van der Waals surface area (Å²) in [6.45, 7) is 2.04. The minimum Gasteiger partial charge on any atom is -0.363 e. The lowest BCUT2D eigenvalue weighted by molar-refractivity contribution is 0.479. The van der Waals surface area contributed by atoms with Crippen molar-refractivity contribution in [3.63, 3.8) is 0 Å². The van der Waals surface area contributed by atoms with Crippen LogP contribution in [0.5, 0.6) is 0 Å². The van der Waals surface area contributed by atoms with Gasteiger partial charge in [0.15, 0.2) is 11.0 Å². The number of benzene rings is 1. The fourth-order valence-electron chi connectivity index (χ4n) is 2.24. The van der Waals surface area contributed by atoms with E-state index in [1.807, 2.05) is 24.3 Å². The molecule has 0 bridgehead atoms. The predicted octanol–water partition coefficient (Wildman–Crippen LogP) is 2.45. The van der Waals surface area contributed by atoms with E-state index in [-0.39, 0.29) is 0 Å². The largest absolute Gasteiger partial charge is 0.363 e. The summed E-state index contributed by atoms with van der Waals surface area (Å²) >= 11 is 6.17. The quantitative estimate of drug-likeness (QED) is 0.873. The molecule has 1 aromatic heterocycles. The maximum Gasteiger partial charge on any atom is 0.172 e. The third-order valence-electron chi connectivity index (χ3n) is 3.17. The number of piperidine rings is 1. The molecular formula is C13H15ClN4. The van der Waals surface area contributed by atoms with Crippen molar-refractivity contribution in [2.75, 3.05) is 18.4 Å². The third kappa shape index (κ3) is 2.40. The lowest BCUT2D eigenvalue weighted by Crippen LogP contribution is -2.38. The molecule has 1 aliphatic heterocycles. The van der Waals surface area contributed by atoms with Crippen molar-refractivity contribution in [1.29, 1.82) is 0 Å². The van der Waals surface area contributed by atoms with Crippen LogP contribution in [0.4, 0.5) is 5.82 Å². The molecule has 2 N–H and O–H groups in total. The number of anilines is 1. The zero-order chi connectivity index (χ0) is 12.4. The Kier molecular flexibility index (Phi) is 3.30. The zero-order valence-electron chi connectivity index (χ0n) is 9.99. The smallest absolute Gasteiger partial charge is 0.172 e. The Hall–Kier alpha value is -1.39. The summed E-state index contributed by atoms with van der Waals surface area (Å²) in [5.74, 6) is 0.684. The molecule has 2 heterocycles. The first-order valence-electron chi connectivity index (χ1n) is 6.22. The van der Waals surface area contributed by atoms with Gasteiger partial charge in [-0.2, -0.15) is 0 Å². The van der Waals surface area contributed by atoms with Crippen molar-refractivity contribution < 1.29 is 0 Å². The van der Waals surface area contributed by atoms with Gasteiger partial charge in [-0.25, -0.2) is 9.97 Å². The number of rotatable bonds is 2. The van der Waals surface area contributed by atoms with Crippen LogP contribution in [0.3, 0.4) is 0 Å². The molecule has 0 amide bonds. The van der Waals surface area contributed by atoms with Gasteiger partial charge in [0.1, 0.15) is 0 Å². The second kappa shape index (κ2) is 5.08. The van der Waals surface area contributed by atoms with Gasteiger partial charge < -0.3 is 10.6 Å². The molecule has 0 spiro atoms. The Labute approximate surface area is 111 Å². The highest BCUT2D eigenvalue weighted by molar-refractivity contribution is 6.32. The molecule has 94 valence electrons. The molecule has 0 unspecified atom stereocenters. The molecule has 3 rings (SSSR count). The number of fused-ring (bicyclic) bond motifs is 1. The van der Waals surface area contributed by atoms with E-state index in [1.165, 1.54) is 6.42 Å². The van der Waals surface area contributed by atoms with Gasteiger partial charge in [0, 0.05) is 12.6 Å². The Morgan fingerprint density at radius 1 is 1.22 bits per heavy atom. The van der Waals surface area contributed by atoms with Gasteiger partial charge in [-0.3, -0.25) is 0 Å². The fourth-order valence-corrected chi connectivity index (χ4v) is 2.43. The topological polar surface area (TPSA) is 49.8 Å². The zero-order valence-corrected chi connectivity index (χ0v) is 10.7. The van der Waals surface area contributed by atoms with Gasteiger partial charge in [-0.05, 0) is 31.5 Å². The van der Waals surface area contributed by atoms with E-state index >= 15 is 0 Å². The lowest BCUT2D eigenvalue weighted by atomic mass is 10.1. The average Bonchev–Trinajstić information content (AvgIpc) is 2.41. The maximum absolute atomic E-state index is 6.17. The van der Waals surface area contributed by atoms with Crippen LogP contribution in [0.25, 0.3) is 11.0 Å². The van der Waals surface area contributed by atoms with Crippen molar-refractivity contribution in [2.24, 2.45) is 0 Å². The number of aromatic nitrogens is 2. The standard InChI is InChI=1S/C13H15ClN4/c14-12-13(16-9-4-3-7-15-8-9)18-11-6-2-1-5-10(11)17-12/h1-2,5-6,9,15H,3-4,7-8H2,(H,16,18)/t9-/m0/s1. The molecular weight excluding hydrogens is 248 g/mol. The summed E-state index contributed by atoms with van der Waals surface area (Å²) in [6, 6.07) is 8.14. The molecule has 5 heteroatoms. The van der Waals surface area contributed by atoms with Crippen molar-refractivity contribution in [3.05, 3.63) is 29.4 Å². The molecule has 1 atom stereocenters. The Bertz CT molecular complexity index is 552. The van der Waals surface area contributed by atoms with E-state index in [1.54, 1.807) is 0 Å². The third-order valence-corrected chi connectivity index (χ3v) is 3.43. The maximum atomic E-state index is 6.17. The average molecular weight is 263 g/mol. The van der Waals surface area contributed by atoms with Crippen molar-refractivity contribution in [1.82, 2.24) is 15.3 Å². The first-order chi connectivity index (χ1) is 8.83. The SMILES string of the molecule is Clc1nc2ccccc2nc1N[C@H]1CCCNC1. The molecule has 1 aliphatic rings. The van der Waals surface area contributed by atoms with Crippen LogP contribution in [0.2, 0.25) is 5.15 Å². The van der Waals surface area contributed by atoms with Crippen LogP contribution in [0.1, 0.15) is 12.8 Å². The number of para-hydroxylation sites is 2. The predicted molar refractivity (Wildman–Crippen MR) is 74.1 cm³/mol. The summed E-state index contributed by atoms with van der Waals surface area (Å²) in [5, 5.41) is 7.17. The highest BCUT2D eigenvalue weighted by Gasteiger charge is 2.15. The molecule has 0 radical (unpaired) electrons. The first kappa shape index (κ1) is 11.7. The van der Waals surface area contributed by atoms with Crippen LogP contribution < -0.4 is 10.6 Å². The van der Waals surface area contributed by atoms with Gasteiger partial charge in [0.2, 0.25) is 0 Å². The van der Waals surface area contributed by atoms with E-state index < -0.39 is 0 Å². The fraction of sp³-hybridized carbons (Fsp3) is 0.385. The monoisotopic (exact) mass is 262 g/mol.